The van der Waals surface area contributed by atoms with Crippen molar-refractivity contribution in [1.82, 2.24) is 9.80 Å². The zero-order chi connectivity index (χ0) is 19.0. The molecule has 1 aromatic carbocycles. The minimum absolute atomic E-state index is 0.201. The van der Waals surface area contributed by atoms with Crippen molar-refractivity contribution in [3.8, 4) is 0 Å². The zero-order valence-corrected chi connectivity index (χ0v) is 15.9. The molecule has 0 spiro atoms. The molecule has 5 nitrogen and oxygen atoms in total. The van der Waals surface area contributed by atoms with Crippen LogP contribution in [-0.4, -0.2) is 51.5 Å². The van der Waals surface area contributed by atoms with Crippen molar-refractivity contribution in [2.45, 2.75) is 52.6 Å². The third-order valence-electron chi connectivity index (χ3n) is 4.10. The molecule has 0 saturated heterocycles. The molecular weight excluding hydrogens is 316 g/mol. The Kier molecular flexibility index (Phi) is 7.68. The summed E-state index contributed by atoms with van der Waals surface area (Å²) < 4.78 is 0. The Bertz CT molecular complexity index is 587. The Hall–Kier alpha value is -2.30. The summed E-state index contributed by atoms with van der Waals surface area (Å²) >= 11 is 0. The largest absolute Gasteiger partial charge is 0.465 e. The SMILES string of the molecule is CCN(C=CC(=O)C(Cc1ccccc1)N(C(=O)O)C(C)(C)C)CC. The van der Waals surface area contributed by atoms with Gasteiger partial charge in [0.1, 0.15) is 6.04 Å². The summed E-state index contributed by atoms with van der Waals surface area (Å²) in [4.78, 5) is 28.0. The van der Waals surface area contributed by atoms with Crippen LogP contribution in [0.5, 0.6) is 0 Å². The predicted molar refractivity (Wildman–Crippen MR) is 101 cm³/mol. The van der Waals surface area contributed by atoms with Crippen molar-refractivity contribution in [3.05, 3.63) is 48.2 Å². The summed E-state index contributed by atoms with van der Waals surface area (Å²) in [5.41, 5.74) is 0.261. The second kappa shape index (κ2) is 9.25. The Labute approximate surface area is 150 Å². The molecule has 0 radical (unpaired) electrons. The number of carbonyl (C=O) groups excluding carboxylic acids is 1. The molecule has 0 saturated carbocycles. The van der Waals surface area contributed by atoms with Crippen LogP contribution in [0.25, 0.3) is 0 Å². The molecule has 1 amide bonds. The number of rotatable bonds is 8. The number of carboxylic acid groups (broad SMARTS) is 1. The van der Waals surface area contributed by atoms with Gasteiger partial charge in [0.05, 0.1) is 0 Å². The average Bonchev–Trinajstić information content (AvgIpc) is 2.54. The highest BCUT2D eigenvalue weighted by Crippen LogP contribution is 2.21. The van der Waals surface area contributed by atoms with Crippen molar-refractivity contribution in [1.29, 1.82) is 0 Å². The molecule has 5 heteroatoms. The van der Waals surface area contributed by atoms with Crippen LogP contribution in [0, 0.1) is 0 Å². The summed E-state index contributed by atoms with van der Waals surface area (Å²) in [5, 5.41) is 9.72. The van der Waals surface area contributed by atoms with Crippen molar-refractivity contribution in [2.75, 3.05) is 13.1 Å². The number of amides is 1. The molecule has 138 valence electrons. The second-order valence-electron chi connectivity index (χ2n) is 6.97. The van der Waals surface area contributed by atoms with E-state index >= 15 is 0 Å². The molecule has 0 bridgehead atoms. The van der Waals surface area contributed by atoms with Crippen molar-refractivity contribution < 1.29 is 14.7 Å². The third kappa shape index (κ3) is 6.25. The van der Waals surface area contributed by atoms with Crippen molar-refractivity contribution in [2.24, 2.45) is 0 Å². The Morgan fingerprint density at radius 1 is 1.12 bits per heavy atom. The number of benzene rings is 1. The monoisotopic (exact) mass is 346 g/mol. The molecule has 0 aliphatic rings. The van der Waals surface area contributed by atoms with Gasteiger partial charge in [0.25, 0.3) is 0 Å². The molecule has 0 aliphatic carbocycles. The van der Waals surface area contributed by atoms with Gasteiger partial charge in [-0.05, 0) is 46.3 Å². The van der Waals surface area contributed by atoms with Crippen LogP contribution in [0.3, 0.4) is 0 Å². The molecule has 1 unspecified atom stereocenters. The summed E-state index contributed by atoms with van der Waals surface area (Å²) in [7, 11) is 0. The maximum Gasteiger partial charge on any atom is 0.408 e. The van der Waals surface area contributed by atoms with E-state index in [0.29, 0.717) is 6.42 Å². The van der Waals surface area contributed by atoms with Gasteiger partial charge in [0, 0.05) is 31.2 Å². The van der Waals surface area contributed by atoms with Gasteiger partial charge >= 0.3 is 6.09 Å². The zero-order valence-electron chi connectivity index (χ0n) is 15.9. The predicted octanol–water partition coefficient (Wildman–Crippen LogP) is 3.80. The van der Waals surface area contributed by atoms with Gasteiger partial charge in [0.15, 0.2) is 5.78 Å². The van der Waals surface area contributed by atoms with E-state index in [0.717, 1.165) is 18.7 Å². The summed E-state index contributed by atoms with van der Waals surface area (Å²) in [5.74, 6) is -0.201. The fourth-order valence-electron chi connectivity index (χ4n) is 2.77. The van der Waals surface area contributed by atoms with E-state index in [-0.39, 0.29) is 5.78 Å². The number of carbonyl (C=O) groups is 2. The highest BCUT2D eigenvalue weighted by atomic mass is 16.4. The molecule has 0 aliphatic heterocycles. The minimum Gasteiger partial charge on any atom is -0.465 e. The third-order valence-corrected chi connectivity index (χ3v) is 4.10. The minimum atomic E-state index is -1.09. The average molecular weight is 346 g/mol. The molecule has 1 atom stereocenters. The van der Waals surface area contributed by atoms with E-state index in [1.165, 1.54) is 11.0 Å². The van der Waals surface area contributed by atoms with E-state index in [4.69, 9.17) is 0 Å². The Morgan fingerprint density at radius 2 is 1.68 bits per heavy atom. The summed E-state index contributed by atoms with van der Waals surface area (Å²) in [6.07, 6.45) is 2.52. The van der Waals surface area contributed by atoms with Gasteiger partial charge < -0.3 is 10.0 Å². The molecule has 25 heavy (non-hydrogen) atoms. The molecule has 1 rings (SSSR count). The van der Waals surface area contributed by atoms with Crippen LogP contribution in [0.15, 0.2) is 42.6 Å². The van der Waals surface area contributed by atoms with Crippen LogP contribution in [0.2, 0.25) is 0 Å². The Morgan fingerprint density at radius 3 is 2.12 bits per heavy atom. The van der Waals surface area contributed by atoms with Crippen LogP contribution in [0.1, 0.15) is 40.2 Å². The fourth-order valence-corrected chi connectivity index (χ4v) is 2.77. The number of hydrogen-bond acceptors (Lipinski definition) is 3. The smallest absolute Gasteiger partial charge is 0.408 e. The van der Waals surface area contributed by atoms with E-state index < -0.39 is 17.7 Å². The maximum absolute atomic E-state index is 12.9. The van der Waals surface area contributed by atoms with Crippen molar-refractivity contribution in [3.63, 3.8) is 0 Å². The topological polar surface area (TPSA) is 60.9 Å². The molecule has 0 fully saturated rings. The van der Waals surface area contributed by atoms with Gasteiger partial charge in [-0.15, -0.1) is 0 Å². The van der Waals surface area contributed by atoms with E-state index in [2.05, 4.69) is 0 Å². The molecule has 0 heterocycles. The normalized spacial score (nSPS) is 12.8. The standard InChI is InChI=1S/C20H30N2O3/c1-6-21(7-2)14-13-18(23)17(15-16-11-9-8-10-12-16)22(19(24)25)20(3,4)5/h8-14,17H,6-7,15H2,1-5H3,(H,24,25). The summed E-state index contributed by atoms with van der Waals surface area (Å²) in [6, 6.07) is 8.76. The first-order valence-electron chi connectivity index (χ1n) is 8.73. The first kappa shape index (κ1) is 20.7. The first-order valence-corrected chi connectivity index (χ1v) is 8.73. The highest BCUT2D eigenvalue weighted by Gasteiger charge is 2.36. The molecule has 0 aromatic heterocycles. The van der Waals surface area contributed by atoms with Gasteiger partial charge in [-0.2, -0.15) is 0 Å². The summed E-state index contributed by atoms with van der Waals surface area (Å²) in [6.45, 7) is 11.0. The van der Waals surface area contributed by atoms with E-state index in [1.54, 1.807) is 27.0 Å². The lowest BCUT2D eigenvalue weighted by Crippen LogP contribution is -2.54. The lowest BCUT2D eigenvalue weighted by molar-refractivity contribution is -0.120. The molecule has 1 N–H and O–H groups in total. The van der Waals surface area contributed by atoms with E-state index in [9.17, 15) is 14.7 Å². The van der Waals surface area contributed by atoms with Crippen molar-refractivity contribution >= 4 is 11.9 Å². The van der Waals surface area contributed by atoms with Crippen LogP contribution in [-0.2, 0) is 11.2 Å². The number of ketones is 1. The van der Waals surface area contributed by atoms with Gasteiger partial charge in [-0.1, -0.05) is 30.3 Å². The van der Waals surface area contributed by atoms with Crippen LogP contribution < -0.4 is 0 Å². The van der Waals surface area contributed by atoms with Gasteiger partial charge in [-0.3, -0.25) is 9.69 Å². The molecular formula is C20H30N2O3. The maximum atomic E-state index is 12.9. The highest BCUT2D eigenvalue weighted by molar-refractivity contribution is 5.96. The number of hydrogen-bond donors (Lipinski definition) is 1. The Balaban J connectivity index is 3.17. The van der Waals surface area contributed by atoms with Crippen LogP contribution in [0.4, 0.5) is 4.79 Å². The van der Waals surface area contributed by atoms with Crippen LogP contribution >= 0.6 is 0 Å². The quantitative estimate of drug-likeness (QED) is 0.727. The van der Waals surface area contributed by atoms with Gasteiger partial charge in [-0.25, -0.2) is 4.79 Å². The van der Waals surface area contributed by atoms with E-state index in [1.807, 2.05) is 49.1 Å². The lowest BCUT2D eigenvalue weighted by atomic mass is 9.95. The number of nitrogens with zero attached hydrogens (tertiary/aromatic N) is 2. The lowest BCUT2D eigenvalue weighted by Gasteiger charge is -2.38. The van der Waals surface area contributed by atoms with Gasteiger partial charge in [0.2, 0.25) is 0 Å². The second-order valence-corrected chi connectivity index (χ2v) is 6.97. The molecule has 1 aromatic rings. The first-order chi connectivity index (χ1) is 11.7. The fraction of sp³-hybridized carbons (Fsp3) is 0.500.